The molecular formula is C26H19ClF4N2O4. The van der Waals surface area contributed by atoms with Gasteiger partial charge in [-0.3, -0.25) is 4.79 Å². The summed E-state index contributed by atoms with van der Waals surface area (Å²) in [6, 6.07) is 13.3. The van der Waals surface area contributed by atoms with Crippen molar-refractivity contribution >= 4 is 40.2 Å². The molecule has 2 heterocycles. The number of benzene rings is 3. The molecule has 0 aliphatic carbocycles. The van der Waals surface area contributed by atoms with Crippen molar-refractivity contribution in [1.29, 1.82) is 0 Å². The molecule has 0 saturated carbocycles. The van der Waals surface area contributed by atoms with Gasteiger partial charge in [0.05, 0.1) is 29.5 Å². The van der Waals surface area contributed by atoms with Crippen molar-refractivity contribution in [2.24, 2.45) is 0 Å². The number of aliphatic hydroxyl groups excluding tert-OH is 1. The first kappa shape index (κ1) is 24.9. The van der Waals surface area contributed by atoms with E-state index in [9.17, 15) is 27.5 Å². The smallest absolute Gasteiger partial charge is 0.506 e. The minimum atomic E-state index is -5.08. The number of nitrogens with one attached hydrogen (secondary N) is 1. The van der Waals surface area contributed by atoms with E-state index >= 15 is 0 Å². The number of anilines is 2. The Morgan fingerprint density at radius 2 is 1.73 bits per heavy atom. The van der Waals surface area contributed by atoms with Crippen LogP contribution in [0.2, 0.25) is 5.02 Å². The molecule has 2 aliphatic rings. The fraction of sp³-hybridized carbons (Fsp3) is 0.192. The molecule has 1 amide bonds. The van der Waals surface area contributed by atoms with Crippen molar-refractivity contribution in [2.75, 3.05) is 36.5 Å². The summed E-state index contributed by atoms with van der Waals surface area (Å²) in [6.45, 7) is 2.87. The fourth-order valence-corrected chi connectivity index (χ4v) is 4.59. The standard InChI is InChI=1S/C26H19ClF4N2O4/c27-19-13-21-18(12-17(19)14-1-4-16(5-2-14)33-7-9-36-10-8-33)23(25(35)32-21)24(34)15-3-6-22(20(28)11-15)37-26(29,30)31/h1-6,11-13,34H,7-10H2,(H,32,35). The molecule has 0 spiro atoms. The van der Waals surface area contributed by atoms with Crippen LogP contribution in [0.5, 0.6) is 5.75 Å². The van der Waals surface area contributed by atoms with Crippen LogP contribution in [0, 0.1) is 5.82 Å². The van der Waals surface area contributed by atoms with Crippen LogP contribution in [0.15, 0.2) is 54.6 Å². The van der Waals surface area contributed by atoms with Gasteiger partial charge in [0.15, 0.2) is 11.6 Å². The van der Waals surface area contributed by atoms with Crippen LogP contribution in [0.3, 0.4) is 0 Å². The van der Waals surface area contributed by atoms with Crippen LogP contribution in [0.1, 0.15) is 11.1 Å². The van der Waals surface area contributed by atoms with Gasteiger partial charge in [-0.25, -0.2) is 4.39 Å². The summed E-state index contributed by atoms with van der Waals surface area (Å²) >= 11 is 6.50. The predicted molar refractivity (Wildman–Crippen MR) is 131 cm³/mol. The second-order valence-corrected chi connectivity index (χ2v) is 8.80. The highest BCUT2D eigenvalue weighted by Gasteiger charge is 2.33. The Balaban J connectivity index is 1.50. The molecule has 0 radical (unpaired) electrons. The van der Waals surface area contributed by atoms with Crippen LogP contribution in [0.4, 0.5) is 28.9 Å². The van der Waals surface area contributed by atoms with Crippen molar-refractivity contribution in [3.8, 4) is 16.9 Å². The maximum absolute atomic E-state index is 14.2. The Hall–Kier alpha value is -3.76. The molecule has 5 rings (SSSR count). The van der Waals surface area contributed by atoms with Crippen molar-refractivity contribution in [1.82, 2.24) is 0 Å². The van der Waals surface area contributed by atoms with Crippen molar-refractivity contribution in [3.05, 3.63) is 76.6 Å². The lowest BCUT2D eigenvalue weighted by Crippen LogP contribution is -2.36. The zero-order valence-electron chi connectivity index (χ0n) is 19.0. The molecule has 2 N–H and O–H groups in total. The number of ether oxygens (including phenoxy) is 2. The van der Waals surface area contributed by atoms with E-state index in [-0.39, 0.29) is 11.1 Å². The molecule has 1 fully saturated rings. The number of carbonyl (C=O) groups excluding carboxylic acids is 1. The Kier molecular flexibility index (Phi) is 6.47. The van der Waals surface area contributed by atoms with Gasteiger partial charge in [-0.1, -0.05) is 23.7 Å². The van der Waals surface area contributed by atoms with Crippen LogP contribution in [0.25, 0.3) is 22.5 Å². The summed E-state index contributed by atoms with van der Waals surface area (Å²) in [6.07, 6.45) is -5.08. The number of hydrogen-bond acceptors (Lipinski definition) is 5. The molecule has 6 nitrogen and oxygen atoms in total. The second kappa shape index (κ2) is 9.60. The number of fused-ring (bicyclic) bond motifs is 1. The molecular weight excluding hydrogens is 516 g/mol. The zero-order valence-corrected chi connectivity index (χ0v) is 19.8. The molecule has 3 aromatic rings. The molecule has 3 aromatic carbocycles. The van der Waals surface area contributed by atoms with Gasteiger partial charge >= 0.3 is 6.36 Å². The number of morpholine rings is 1. The largest absolute Gasteiger partial charge is 0.573 e. The SMILES string of the molecule is O=C1Nc2cc(Cl)c(-c3ccc(N4CCOCC4)cc3)cc2C1=C(O)c1ccc(OC(F)(F)F)c(F)c1. The number of alkyl halides is 3. The van der Waals surface area contributed by atoms with E-state index in [0.717, 1.165) is 36.5 Å². The lowest BCUT2D eigenvalue weighted by molar-refractivity contribution is -0.275. The minimum absolute atomic E-state index is 0.165. The number of halogens is 5. The highest BCUT2D eigenvalue weighted by molar-refractivity contribution is 6.38. The average Bonchev–Trinajstić information content (AvgIpc) is 3.18. The lowest BCUT2D eigenvalue weighted by Gasteiger charge is -2.29. The highest BCUT2D eigenvalue weighted by atomic mass is 35.5. The molecule has 192 valence electrons. The summed E-state index contributed by atoms with van der Waals surface area (Å²) < 4.78 is 60.6. The van der Waals surface area contributed by atoms with E-state index in [1.165, 1.54) is 0 Å². The molecule has 1 saturated heterocycles. The maximum atomic E-state index is 14.2. The van der Waals surface area contributed by atoms with E-state index in [0.29, 0.717) is 41.1 Å². The van der Waals surface area contributed by atoms with E-state index in [1.807, 2.05) is 24.3 Å². The molecule has 37 heavy (non-hydrogen) atoms. The second-order valence-electron chi connectivity index (χ2n) is 8.39. The topological polar surface area (TPSA) is 71.0 Å². The average molecular weight is 535 g/mol. The lowest BCUT2D eigenvalue weighted by atomic mass is 9.97. The predicted octanol–water partition coefficient (Wildman–Crippen LogP) is 6.26. The van der Waals surface area contributed by atoms with Crippen LogP contribution in [-0.2, 0) is 9.53 Å². The molecule has 0 aromatic heterocycles. The van der Waals surface area contributed by atoms with Crippen LogP contribution >= 0.6 is 11.6 Å². The Morgan fingerprint density at radius 1 is 1.03 bits per heavy atom. The molecule has 0 atom stereocenters. The Bertz CT molecular complexity index is 1400. The number of rotatable bonds is 4. The van der Waals surface area contributed by atoms with Crippen LogP contribution in [-0.4, -0.2) is 43.7 Å². The van der Waals surface area contributed by atoms with Gasteiger partial charge in [-0.05, 0) is 48.0 Å². The minimum Gasteiger partial charge on any atom is -0.506 e. The third-order valence-corrected chi connectivity index (χ3v) is 6.39. The van der Waals surface area contributed by atoms with Gasteiger partial charge < -0.3 is 24.8 Å². The number of amides is 1. The van der Waals surface area contributed by atoms with Gasteiger partial charge in [0.1, 0.15) is 5.76 Å². The van der Waals surface area contributed by atoms with E-state index in [2.05, 4.69) is 15.0 Å². The van der Waals surface area contributed by atoms with E-state index in [4.69, 9.17) is 16.3 Å². The summed E-state index contributed by atoms with van der Waals surface area (Å²) in [5.74, 6) is -3.68. The summed E-state index contributed by atoms with van der Waals surface area (Å²) in [4.78, 5) is 14.9. The van der Waals surface area contributed by atoms with Crippen molar-refractivity contribution in [2.45, 2.75) is 6.36 Å². The van der Waals surface area contributed by atoms with Gasteiger partial charge in [0, 0.05) is 35.5 Å². The molecule has 0 unspecified atom stereocenters. The fourth-order valence-electron chi connectivity index (χ4n) is 4.32. The van der Waals surface area contributed by atoms with Crippen molar-refractivity contribution in [3.63, 3.8) is 0 Å². The van der Waals surface area contributed by atoms with Gasteiger partial charge in [0.25, 0.3) is 5.91 Å². The van der Waals surface area contributed by atoms with Gasteiger partial charge in [-0.15, -0.1) is 13.2 Å². The van der Waals surface area contributed by atoms with Gasteiger partial charge in [0.2, 0.25) is 0 Å². The first-order valence-corrected chi connectivity index (χ1v) is 11.6. The quantitative estimate of drug-likeness (QED) is 0.235. The maximum Gasteiger partial charge on any atom is 0.573 e. The Morgan fingerprint density at radius 3 is 2.38 bits per heavy atom. The van der Waals surface area contributed by atoms with Crippen LogP contribution < -0.4 is 15.0 Å². The molecule has 0 bridgehead atoms. The number of aliphatic hydroxyl groups is 1. The normalized spacial score (nSPS) is 16.9. The van der Waals surface area contributed by atoms with Gasteiger partial charge in [-0.2, -0.15) is 0 Å². The summed E-state index contributed by atoms with van der Waals surface area (Å²) in [5.41, 5.74) is 2.67. The number of nitrogens with zero attached hydrogens (tertiary/aromatic N) is 1. The molecule has 2 aliphatic heterocycles. The highest BCUT2D eigenvalue weighted by Crippen LogP contribution is 2.42. The third kappa shape index (κ3) is 5.07. The van der Waals surface area contributed by atoms with E-state index < -0.39 is 29.6 Å². The zero-order chi connectivity index (χ0) is 26.3. The first-order chi connectivity index (χ1) is 17.6. The summed E-state index contributed by atoms with van der Waals surface area (Å²) in [5, 5.41) is 13.8. The van der Waals surface area contributed by atoms with E-state index in [1.54, 1.807) is 12.1 Å². The number of carbonyl (C=O) groups is 1. The molecule has 11 heteroatoms. The summed E-state index contributed by atoms with van der Waals surface area (Å²) in [7, 11) is 0. The third-order valence-electron chi connectivity index (χ3n) is 6.07. The Labute approximate surface area is 213 Å². The monoisotopic (exact) mass is 534 g/mol. The first-order valence-electron chi connectivity index (χ1n) is 11.2. The van der Waals surface area contributed by atoms with Crippen molar-refractivity contribution < 1.29 is 36.9 Å². The number of hydrogen-bond donors (Lipinski definition) is 2.